The zero-order chi connectivity index (χ0) is 18.3. The first-order chi connectivity index (χ1) is 12.5. The number of fused-ring (bicyclic) bond motifs is 2. The van der Waals surface area contributed by atoms with E-state index in [1.165, 1.54) is 23.9 Å². The Hall–Kier alpha value is -2.36. The molecule has 4 rings (SSSR count). The Labute approximate surface area is 154 Å². The summed E-state index contributed by atoms with van der Waals surface area (Å²) in [7, 11) is -3.76. The number of benzene rings is 2. The maximum absolute atomic E-state index is 11.6. The molecule has 9 heteroatoms. The van der Waals surface area contributed by atoms with Gasteiger partial charge in [-0.15, -0.1) is 0 Å². The monoisotopic (exact) mass is 388 g/mol. The van der Waals surface area contributed by atoms with Crippen LogP contribution in [0.2, 0.25) is 0 Å². The fraction of sp³-hybridized carbons (Fsp3) is 0.176. The van der Waals surface area contributed by atoms with Gasteiger partial charge >= 0.3 is 0 Å². The minimum atomic E-state index is -3.76. The van der Waals surface area contributed by atoms with E-state index in [-0.39, 0.29) is 4.90 Å². The number of rotatable bonds is 5. The molecule has 2 N–H and O–H groups in total. The molecule has 0 radical (unpaired) electrons. The zero-order valence-corrected chi connectivity index (χ0v) is 15.5. The van der Waals surface area contributed by atoms with Gasteiger partial charge in [0.1, 0.15) is 5.52 Å². The first kappa shape index (κ1) is 17.1. The number of nitrogens with zero attached hydrogens (tertiary/aromatic N) is 3. The second-order valence-electron chi connectivity index (χ2n) is 5.70. The van der Waals surface area contributed by atoms with Crippen LogP contribution in [0, 0.1) is 0 Å². The first-order valence-corrected chi connectivity index (χ1v) is 10.5. The minimum absolute atomic E-state index is 0.0567. The van der Waals surface area contributed by atoms with Crippen LogP contribution >= 0.6 is 11.8 Å². The van der Waals surface area contributed by atoms with E-state index < -0.39 is 10.0 Å². The number of aryl methyl sites for hydroxylation is 1. The van der Waals surface area contributed by atoms with Gasteiger partial charge in [-0.1, -0.05) is 23.9 Å². The predicted molar refractivity (Wildman–Crippen MR) is 100 cm³/mol. The maximum Gasteiger partial charge on any atom is 0.238 e. The Kier molecular flexibility index (Phi) is 4.22. The molecule has 0 aliphatic heterocycles. The summed E-state index contributed by atoms with van der Waals surface area (Å²) >= 11 is 1.49. The molecule has 0 amide bonds. The summed E-state index contributed by atoms with van der Waals surface area (Å²) in [5, 5.41) is 5.98. The van der Waals surface area contributed by atoms with Gasteiger partial charge in [0.25, 0.3) is 0 Å². The standard InChI is InChI=1S/C17H16N4O3S2/c1-2-21-14-8-7-11(26(18,22)23)9-13(14)20-17(21)25-10-16-19-12-5-3-4-6-15(12)24-16/h3-9H,2,10H2,1H3,(H2,18,22,23). The second-order valence-corrected chi connectivity index (χ2v) is 8.20. The second kappa shape index (κ2) is 6.42. The Morgan fingerprint density at radius 1 is 1.15 bits per heavy atom. The number of nitrogens with two attached hydrogens (primary N) is 1. The molecule has 2 aromatic heterocycles. The van der Waals surface area contributed by atoms with Crippen molar-refractivity contribution in [3.63, 3.8) is 0 Å². The van der Waals surface area contributed by atoms with Crippen molar-refractivity contribution >= 4 is 43.9 Å². The molecular formula is C17H16N4O3S2. The molecular weight excluding hydrogens is 372 g/mol. The number of thioether (sulfide) groups is 1. The van der Waals surface area contributed by atoms with Crippen LogP contribution in [0.4, 0.5) is 0 Å². The van der Waals surface area contributed by atoms with Crippen LogP contribution < -0.4 is 5.14 Å². The smallest absolute Gasteiger partial charge is 0.238 e. The van der Waals surface area contributed by atoms with Gasteiger partial charge < -0.3 is 8.98 Å². The average molecular weight is 388 g/mol. The summed E-state index contributed by atoms with van der Waals surface area (Å²) in [5.41, 5.74) is 3.04. The lowest BCUT2D eigenvalue weighted by Gasteiger charge is -2.04. The van der Waals surface area contributed by atoms with Crippen LogP contribution in [0.25, 0.3) is 22.1 Å². The van der Waals surface area contributed by atoms with Crippen LogP contribution in [0.15, 0.2) is 56.9 Å². The van der Waals surface area contributed by atoms with Crippen LogP contribution in [0.3, 0.4) is 0 Å². The van der Waals surface area contributed by atoms with Crippen LogP contribution in [0.5, 0.6) is 0 Å². The van der Waals surface area contributed by atoms with Crippen molar-refractivity contribution in [3.8, 4) is 0 Å². The molecule has 2 heterocycles. The summed E-state index contributed by atoms with van der Waals surface area (Å²) in [4.78, 5) is 9.08. The summed E-state index contributed by atoms with van der Waals surface area (Å²) in [6.07, 6.45) is 0. The van der Waals surface area contributed by atoms with Gasteiger partial charge in [-0.25, -0.2) is 23.5 Å². The number of primary sulfonamides is 1. The molecule has 0 bridgehead atoms. The normalized spacial score (nSPS) is 12.2. The van der Waals surface area contributed by atoms with Crippen molar-refractivity contribution in [2.75, 3.05) is 0 Å². The largest absolute Gasteiger partial charge is 0.440 e. The fourth-order valence-electron chi connectivity index (χ4n) is 2.79. The van der Waals surface area contributed by atoms with E-state index in [2.05, 4.69) is 9.97 Å². The van der Waals surface area contributed by atoms with E-state index in [1.54, 1.807) is 6.07 Å². The van der Waals surface area contributed by atoms with Crippen LogP contribution in [0.1, 0.15) is 12.8 Å². The van der Waals surface area contributed by atoms with Gasteiger partial charge in [0.05, 0.1) is 21.7 Å². The van der Waals surface area contributed by atoms with Crippen LogP contribution in [-0.4, -0.2) is 23.0 Å². The molecule has 0 saturated carbocycles. The number of hydrogen-bond acceptors (Lipinski definition) is 6. The molecule has 0 atom stereocenters. The Morgan fingerprint density at radius 2 is 1.96 bits per heavy atom. The van der Waals surface area contributed by atoms with Gasteiger partial charge in [-0.05, 0) is 37.3 Å². The molecule has 0 unspecified atom stereocenters. The molecule has 2 aromatic carbocycles. The summed E-state index contributed by atoms with van der Waals surface area (Å²) < 4.78 is 30.9. The highest BCUT2D eigenvalue weighted by atomic mass is 32.2. The molecule has 0 aliphatic carbocycles. The third-order valence-electron chi connectivity index (χ3n) is 3.99. The average Bonchev–Trinajstić information content (AvgIpc) is 3.18. The highest BCUT2D eigenvalue weighted by Gasteiger charge is 2.15. The lowest BCUT2D eigenvalue weighted by Crippen LogP contribution is -2.11. The van der Waals surface area contributed by atoms with Gasteiger partial charge in [0.2, 0.25) is 15.9 Å². The molecule has 26 heavy (non-hydrogen) atoms. The van der Waals surface area contributed by atoms with Gasteiger partial charge in [-0.3, -0.25) is 0 Å². The highest BCUT2D eigenvalue weighted by Crippen LogP contribution is 2.28. The van der Waals surface area contributed by atoms with E-state index in [1.807, 2.05) is 35.8 Å². The predicted octanol–water partition coefficient (Wildman–Crippen LogP) is 3.14. The Bertz CT molecular complexity index is 1180. The topological polar surface area (TPSA) is 104 Å². The number of aromatic nitrogens is 3. The molecule has 7 nitrogen and oxygen atoms in total. The number of sulfonamides is 1. The van der Waals surface area contributed by atoms with E-state index in [4.69, 9.17) is 9.56 Å². The van der Waals surface area contributed by atoms with E-state index in [0.717, 1.165) is 21.8 Å². The third-order valence-corrected chi connectivity index (χ3v) is 5.86. The quantitative estimate of drug-likeness (QED) is 0.527. The summed E-state index contributed by atoms with van der Waals surface area (Å²) in [5.74, 6) is 1.15. The first-order valence-electron chi connectivity index (χ1n) is 7.96. The van der Waals surface area contributed by atoms with Crippen molar-refractivity contribution in [3.05, 3.63) is 48.4 Å². The van der Waals surface area contributed by atoms with Crippen molar-refractivity contribution in [1.29, 1.82) is 0 Å². The number of imidazole rings is 1. The Balaban J connectivity index is 1.66. The molecule has 4 aromatic rings. The van der Waals surface area contributed by atoms with Crippen molar-refractivity contribution in [2.45, 2.75) is 29.3 Å². The lowest BCUT2D eigenvalue weighted by atomic mass is 10.3. The van der Waals surface area contributed by atoms with E-state index in [0.29, 0.717) is 23.7 Å². The molecule has 0 saturated heterocycles. The van der Waals surface area contributed by atoms with Gasteiger partial charge in [0.15, 0.2) is 10.7 Å². The lowest BCUT2D eigenvalue weighted by molar-refractivity contribution is 0.555. The van der Waals surface area contributed by atoms with Crippen molar-refractivity contribution in [2.24, 2.45) is 5.14 Å². The zero-order valence-electron chi connectivity index (χ0n) is 13.9. The number of hydrogen-bond donors (Lipinski definition) is 1. The number of para-hydroxylation sites is 2. The van der Waals surface area contributed by atoms with E-state index in [9.17, 15) is 8.42 Å². The maximum atomic E-state index is 11.6. The molecule has 134 valence electrons. The highest BCUT2D eigenvalue weighted by molar-refractivity contribution is 7.98. The van der Waals surface area contributed by atoms with Crippen molar-refractivity contribution in [1.82, 2.24) is 14.5 Å². The Morgan fingerprint density at radius 3 is 2.69 bits per heavy atom. The molecule has 0 spiro atoms. The SMILES string of the molecule is CCn1c(SCc2nc3ccccc3o2)nc2cc(S(N)(=O)=O)ccc21. The fourth-order valence-corrected chi connectivity index (χ4v) is 4.24. The molecule has 0 fully saturated rings. The number of oxazole rings is 1. The minimum Gasteiger partial charge on any atom is -0.440 e. The van der Waals surface area contributed by atoms with Crippen LogP contribution in [-0.2, 0) is 22.3 Å². The van der Waals surface area contributed by atoms with Gasteiger partial charge in [-0.2, -0.15) is 0 Å². The summed E-state index contributed by atoms with van der Waals surface area (Å²) in [6.45, 7) is 2.72. The van der Waals surface area contributed by atoms with Crippen molar-refractivity contribution < 1.29 is 12.8 Å². The van der Waals surface area contributed by atoms with Gasteiger partial charge in [0, 0.05) is 6.54 Å². The third kappa shape index (κ3) is 3.09. The molecule has 0 aliphatic rings. The summed E-state index contributed by atoms with van der Waals surface area (Å²) in [6, 6.07) is 12.3. The van der Waals surface area contributed by atoms with E-state index >= 15 is 0 Å².